The molecule has 1 aromatic carbocycles. The van der Waals surface area contributed by atoms with Crippen LogP contribution in [0.3, 0.4) is 0 Å². The summed E-state index contributed by atoms with van der Waals surface area (Å²) < 4.78 is 26.9. The summed E-state index contributed by atoms with van der Waals surface area (Å²) in [5, 5.41) is 16.8. The molecule has 4 N–H and O–H groups in total. The van der Waals surface area contributed by atoms with Gasteiger partial charge in [0.05, 0.1) is 11.4 Å². The second-order valence-corrected chi connectivity index (χ2v) is 9.96. The molecule has 11 heteroatoms. The number of carbonyl (C=O) groups excluding carboxylic acids is 2. The molecule has 1 saturated heterocycles. The lowest BCUT2D eigenvalue weighted by molar-refractivity contribution is -0.142. The average Bonchev–Trinajstić information content (AvgIpc) is 3.15. The summed E-state index contributed by atoms with van der Waals surface area (Å²) in [7, 11) is -3.89. The molecule has 1 aromatic rings. The summed E-state index contributed by atoms with van der Waals surface area (Å²) in [6, 6.07) is 4.77. The van der Waals surface area contributed by atoms with E-state index in [0.29, 0.717) is 6.42 Å². The molecule has 2 rings (SSSR count). The Hall–Kier alpha value is -2.66. The van der Waals surface area contributed by atoms with Crippen LogP contribution < -0.4 is 16.0 Å². The van der Waals surface area contributed by atoms with E-state index in [-0.39, 0.29) is 24.4 Å². The second kappa shape index (κ2) is 9.43. The van der Waals surface area contributed by atoms with Crippen molar-refractivity contribution in [2.75, 3.05) is 13.1 Å². The molecule has 0 spiro atoms. The fourth-order valence-corrected chi connectivity index (χ4v) is 4.74. The van der Waals surface area contributed by atoms with E-state index in [1.165, 1.54) is 12.1 Å². The first kappa shape index (κ1) is 23.6. The number of nitrogens with one attached hydrogen (secondary N) is 3. The fourth-order valence-electron chi connectivity index (χ4n) is 3.07. The van der Waals surface area contributed by atoms with Crippen molar-refractivity contribution >= 4 is 27.9 Å². The maximum atomic E-state index is 12.9. The van der Waals surface area contributed by atoms with Gasteiger partial charge in [0.25, 0.3) is 0 Å². The molecular weight excluding hydrogens is 412 g/mol. The third-order valence-corrected chi connectivity index (χ3v) is 6.35. The minimum Gasteiger partial charge on any atom is -0.480 e. The van der Waals surface area contributed by atoms with Crippen molar-refractivity contribution in [3.8, 4) is 0 Å². The number of rotatable bonds is 7. The Kier molecular flexibility index (Phi) is 7.43. The summed E-state index contributed by atoms with van der Waals surface area (Å²) >= 11 is 0. The monoisotopic (exact) mass is 440 g/mol. The van der Waals surface area contributed by atoms with Gasteiger partial charge >= 0.3 is 12.0 Å². The number of benzene rings is 1. The maximum absolute atomic E-state index is 12.9. The highest BCUT2D eigenvalue weighted by atomic mass is 32.2. The second-order valence-electron chi connectivity index (χ2n) is 8.07. The molecule has 0 saturated carbocycles. The molecule has 0 bridgehead atoms. The molecule has 1 fully saturated rings. The number of sulfonamides is 1. The Labute approximate surface area is 176 Å². The first-order valence-electron chi connectivity index (χ1n) is 9.58. The Morgan fingerprint density at radius 3 is 2.40 bits per heavy atom. The van der Waals surface area contributed by atoms with Gasteiger partial charge in [-0.1, -0.05) is 18.2 Å². The van der Waals surface area contributed by atoms with Crippen LogP contribution in [-0.4, -0.2) is 66.4 Å². The van der Waals surface area contributed by atoms with Gasteiger partial charge in [-0.3, -0.25) is 4.79 Å². The zero-order chi connectivity index (χ0) is 22.5. The highest BCUT2D eigenvalue weighted by Gasteiger charge is 2.40. The number of carboxylic acid groups (broad SMARTS) is 1. The van der Waals surface area contributed by atoms with Gasteiger partial charge < -0.3 is 21.1 Å². The molecular formula is C19H28N4O6S. The lowest BCUT2D eigenvalue weighted by atomic mass is 10.1. The predicted octanol–water partition coefficient (Wildman–Crippen LogP) is 0.507. The van der Waals surface area contributed by atoms with Crippen LogP contribution >= 0.6 is 0 Å². The zero-order valence-corrected chi connectivity index (χ0v) is 18.0. The number of carboxylic acids is 1. The first-order valence-corrected chi connectivity index (χ1v) is 11.0. The highest BCUT2D eigenvalue weighted by Crippen LogP contribution is 2.26. The lowest BCUT2D eigenvalue weighted by Gasteiger charge is -2.25. The number of urea groups is 1. The molecule has 2 atom stereocenters. The molecule has 0 aliphatic carbocycles. The van der Waals surface area contributed by atoms with Crippen molar-refractivity contribution in [1.82, 2.24) is 20.3 Å². The molecule has 1 heterocycles. The van der Waals surface area contributed by atoms with E-state index in [4.69, 9.17) is 0 Å². The predicted molar refractivity (Wildman–Crippen MR) is 109 cm³/mol. The zero-order valence-electron chi connectivity index (χ0n) is 17.2. The quantitative estimate of drug-likeness (QED) is 0.486. The van der Waals surface area contributed by atoms with Crippen LogP contribution in [0.2, 0.25) is 0 Å². The van der Waals surface area contributed by atoms with Crippen LogP contribution in [0.1, 0.15) is 33.6 Å². The molecule has 0 radical (unpaired) electrons. The summed E-state index contributed by atoms with van der Waals surface area (Å²) in [5.74, 6) is -2.05. The molecule has 2 unspecified atom stereocenters. The summed E-state index contributed by atoms with van der Waals surface area (Å²) in [6.45, 7) is 5.13. The van der Waals surface area contributed by atoms with Crippen LogP contribution in [0.25, 0.3) is 0 Å². The van der Waals surface area contributed by atoms with E-state index < -0.39 is 45.6 Å². The van der Waals surface area contributed by atoms with Gasteiger partial charge in [0.2, 0.25) is 15.9 Å². The topological polar surface area (TPSA) is 145 Å². The van der Waals surface area contributed by atoms with E-state index >= 15 is 0 Å². The summed E-state index contributed by atoms with van der Waals surface area (Å²) in [5.41, 5.74) is -0.512. The Balaban J connectivity index is 2.06. The molecule has 1 aliphatic rings. The van der Waals surface area contributed by atoms with Crippen LogP contribution in [0.4, 0.5) is 4.79 Å². The normalized spacial score (nSPS) is 18.4. The van der Waals surface area contributed by atoms with Gasteiger partial charge in [-0.25, -0.2) is 18.0 Å². The van der Waals surface area contributed by atoms with E-state index in [2.05, 4.69) is 16.0 Å². The van der Waals surface area contributed by atoms with Gasteiger partial charge in [-0.15, -0.1) is 0 Å². The summed E-state index contributed by atoms with van der Waals surface area (Å²) in [4.78, 5) is 36.2. The molecule has 1 aliphatic heterocycles. The Bertz CT molecular complexity index is 882. The number of amides is 3. The maximum Gasteiger partial charge on any atom is 0.328 e. The molecule has 0 aromatic heterocycles. The van der Waals surface area contributed by atoms with E-state index in [1.54, 1.807) is 39.0 Å². The fraction of sp³-hybridized carbons (Fsp3) is 0.526. The lowest BCUT2D eigenvalue weighted by Crippen LogP contribution is -2.55. The van der Waals surface area contributed by atoms with Gasteiger partial charge in [-0.05, 0) is 45.7 Å². The van der Waals surface area contributed by atoms with Crippen LogP contribution in [0.5, 0.6) is 0 Å². The average molecular weight is 441 g/mol. The number of aliphatic carboxylic acids is 1. The van der Waals surface area contributed by atoms with Crippen LogP contribution in [0.15, 0.2) is 35.2 Å². The molecule has 10 nitrogen and oxygen atoms in total. The van der Waals surface area contributed by atoms with Crippen molar-refractivity contribution < 1.29 is 27.9 Å². The molecule has 166 valence electrons. The van der Waals surface area contributed by atoms with Crippen LogP contribution in [-0.2, 0) is 19.6 Å². The standard InChI is InChI=1S/C19H28N4O6S/c1-19(2,3)22-18(27)20-12-14(17(25)26)21-16(24)15-10-7-11-23(15)30(28,29)13-8-5-4-6-9-13/h4-6,8-9,14-15H,7,10-12H2,1-3H3,(H,21,24)(H,25,26)(H2,20,22,27). The van der Waals surface area contributed by atoms with Crippen LogP contribution in [0, 0.1) is 0 Å². The number of nitrogens with zero attached hydrogens (tertiary/aromatic N) is 1. The number of carbonyl (C=O) groups is 3. The van der Waals surface area contributed by atoms with Crippen molar-refractivity contribution in [1.29, 1.82) is 0 Å². The Morgan fingerprint density at radius 1 is 1.20 bits per heavy atom. The highest BCUT2D eigenvalue weighted by molar-refractivity contribution is 7.89. The van der Waals surface area contributed by atoms with E-state index in [9.17, 15) is 27.9 Å². The number of hydrogen-bond donors (Lipinski definition) is 4. The van der Waals surface area contributed by atoms with E-state index in [0.717, 1.165) is 4.31 Å². The minimum atomic E-state index is -3.89. The van der Waals surface area contributed by atoms with E-state index in [1.807, 2.05) is 0 Å². The SMILES string of the molecule is CC(C)(C)NC(=O)NCC(NC(=O)C1CCCN1S(=O)(=O)c1ccccc1)C(=O)O. The smallest absolute Gasteiger partial charge is 0.328 e. The van der Waals surface area contributed by atoms with Crippen molar-refractivity contribution in [2.45, 2.75) is 56.1 Å². The number of hydrogen-bond acceptors (Lipinski definition) is 5. The van der Waals surface area contributed by atoms with Gasteiger partial charge in [0.1, 0.15) is 12.1 Å². The summed E-state index contributed by atoms with van der Waals surface area (Å²) in [6.07, 6.45) is 0.760. The molecule has 3 amide bonds. The third kappa shape index (κ3) is 6.17. The largest absolute Gasteiger partial charge is 0.480 e. The van der Waals surface area contributed by atoms with Gasteiger partial charge in [0.15, 0.2) is 0 Å². The van der Waals surface area contributed by atoms with Gasteiger partial charge in [0, 0.05) is 12.1 Å². The van der Waals surface area contributed by atoms with Gasteiger partial charge in [-0.2, -0.15) is 4.31 Å². The van der Waals surface area contributed by atoms with Crippen molar-refractivity contribution in [3.05, 3.63) is 30.3 Å². The first-order chi connectivity index (χ1) is 13.9. The minimum absolute atomic E-state index is 0.0694. The third-order valence-electron chi connectivity index (χ3n) is 4.43. The Morgan fingerprint density at radius 2 is 1.83 bits per heavy atom. The van der Waals surface area contributed by atoms with Crippen molar-refractivity contribution in [3.63, 3.8) is 0 Å². The molecule has 30 heavy (non-hydrogen) atoms. The van der Waals surface area contributed by atoms with Crippen molar-refractivity contribution in [2.24, 2.45) is 0 Å².